The van der Waals surface area contributed by atoms with Crippen LogP contribution in [0.5, 0.6) is 0 Å². The Morgan fingerprint density at radius 2 is 2.20 bits per heavy atom. The van der Waals surface area contributed by atoms with Gasteiger partial charge in [-0.25, -0.2) is 0 Å². The van der Waals surface area contributed by atoms with Crippen molar-refractivity contribution in [3.05, 3.63) is 71.0 Å². The molecule has 0 radical (unpaired) electrons. The van der Waals surface area contributed by atoms with E-state index in [0.717, 1.165) is 27.6 Å². The molecule has 2 aromatic carbocycles. The average molecular weight is 352 g/mol. The highest BCUT2D eigenvalue weighted by atomic mass is 35.5. The summed E-state index contributed by atoms with van der Waals surface area (Å²) < 4.78 is 0. The Balaban J connectivity index is 1.52. The summed E-state index contributed by atoms with van der Waals surface area (Å²) in [4.78, 5) is 18.8. The Hall–Kier alpha value is -2.59. The maximum absolute atomic E-state index is 12.9. The molecule has 5 heteroatoms. The normalized spacial score (nSPS) is 15.7. The summed E-state index contributed by atoms with van der Waals surface area (Å²) in [6.07, 6.45) is 4.30. The summed E-state index contributed by atoms with van der Waals surface area (Å²) in [6.45, 7) is 0.565. The number of pyridine rings is 1. The smallest absolute Gasteiger partial charge is 0.245 e. The molecule has 0 unspecified atom stereocenters. The summed E-state index contributed by atoms with van der Waals surface area (Å²) in [6, 6.07) is 13.5. The SMILES string of the molecule is CN(Cc1cccc2cnccc12)C(=O)[C@H]1Cc2cc(Cl)ccc2N1. The largest absolute Gasteiger partial charge is 0.373 e. The monoisotopic (exact) mass is 351 g/mol. The van der Waals surface area contributed by atoms with Gasteiger partial charge in [-0.05, 0) is 40.8 Å². The van der Waals surface area contributed by atoms with Crippen LogP contribution in [0.3, 0.4) is 0 Å². The predicted octanol–water partition coefficient (Wildman–Crippen LogP) is 3.88. The summed E-state index contributed by atoms with van der Waals surface area (Å²) in [5, 5.41) is 6.22. The zero-order valence-corrected chi connectivity index (χ0v) is 14.6. The topological polar surface area (TPSA) is 45.2 Å². The molecule has 1 atom stereocenters. The van der Waals surface area contributed by atoms with E-state index in [9.17, 15) is 4.79 Å². The number of fused-ring (bicyclic) bond motifs is 2. The zero-order valence-electron chi connectivity index (χ0n) is 13.9. The Morgan fingerprint density at radius 1 is 1.32 bits per heavy atom. The standard InChI is InChI=1S/C20H18ClN3O/c1-24(12-14-4-2-3-13-11-22-8-7-17(13)14)20(25)19-10-15-9-16(21)5-6-18(15)23-19/h2-9,11,19,23H,10,12H2,1H3/t19-/m1/s1. The fraction of sp³-hybridized carbons (Fsp3) is 0.200. The Morgan fingerprint density at radius 3 is 3.08 bits per heavy atom. The van der Waals surface area contributed by atoms with E-state index in [-0.39, 0.29) is 11.9 Å². The minimum Gasteiger partial charge on any atom is -0.373 e. The maximum atomic E-state index is 12.9. The number of hydrogen-bond donors (Lipinski definition) is 1. The molecule has 1 N–H and O–H groups in total. The summed E-state index contributed by atoms with van der Waals surface area (Å²) in [5.74, 6) is 0.0818. The Bertz CT molecular complexity index is 951. The molecule has 4 nitrogen and oxygen atoms in total. The van der Waals surface area contributed by atoms with Gasteiger partial charge in [-0.3, -0.25) is 9.78 Å². The van der Waals surface area contributed by atoms with Crippen LogP contribution in [0, 0.1) is 0 Å². The molecular weight excluding hydrogens is 334 g/mol. The molecule has 4 rings (SSSR count). The van der Waals surface area contributed by atoms with Crippen molar-refractivity contribution in [2.75, 3.05) is 12.4 Å². The third-order valence-electron chi connectivity index (χ3n) is 4.67. The van der Waals surface area contributed by atoms with Gasteiger partial charge in [-0.1, -0.05) is 29.8 Å². The number of aromatic nitrogens is 1. The summed E-state index contributed by atoms with van der Waals surface area (Å²) >= 11 is 6.05. The van der Waals surface area contributed by atoms with Crippen LogP contribution in [-0.4, -0.2) is 28.9 Å². The van der Waals surface area contributed by atoms with E-state index < -0.39 is 0 Å². The van der Waals surface area contributed by atoms with E-state index in [1.165, 1.54) is 0 Å². The van der Waals surface area contributed by atoms with Crippen LogP contribution in [0.4, 0.5) is 5.69 Å². The molecule has 3 aromatic rings. The van der Waals surface area contributed by atoms with Crippen LogP contribution < -0.4 is 5.32 Å². The number of nitrogens with one attached hydrogen (secondary N) is 1. The number of carbonyl (C=O) groups is 1. The number of carbonyl (C=O) groups excluding carboxylic acids is 1. The highest BCUT2D eigenvalue weighted by Crippen LogP contribution is 2.29. The van der Waals surface area contributed by atoms with Crippen molar-refractivity contribution in [2.45, 2.75) is 19.0 Å². The van der Waals surface area contributed by atoms with Gasteiger partial charge < -0.3 is 10.2 Å². The van der Waals surface area contributed by atoms with Gasteiger partial charge in [0.2, 0.25) is 5.91 Å². The van der Waals surface area contributed by atoms with Gasteiger partial charge in [0.05, 0.1) is 0 Å². The van der Waals surface area contributed by atoms with Gasteiger partial charge in [0.15, 0.2) is 0 Å². The molecular formula is C20H18ClN3O. The van der Waals surface area contributed by atoms with Crippen molar-refractivity contribution in [3.63, 3.8) is 0 Å². The number of nitrogens with zero attached hydrogens (tertiary/aromatic N) is 2. The fourth-order valence-electron chi connectivity index (χ4n) is 3.41. The second-order valence-corrected chi connectivity index (χ2v) is 6.85. The van der Waals surface area contributed by atoms with Crippen molar-refractivity contribution < 1.29 is 4.79 Å². The number of benzene rings is 2. The highest BCUT2D eigenvalue weighted by molar-refractivity contribution is 6.30. The number of hydrogen-bond acceptors (Lipinski definition) is 3. The molecule has 0 fully saturated rings. The van der Waals surface area contributed by atoms with Crippen molar-refractivity contribution in [2.24, 2.45) is 0 Å². The van der Waals surface area contributed by atoms with Gasteiger partial charge in [-0.2, -0.15) is 0 Å². The molecule has 0 spiro atoms. The van der Waals surface area contributed by atoms with E-state index in [2.05, 4.69) is 16.4 Å². The quantitative estimate of drug-likeness (QED) is 0.778. The van der Waals surface area contributed by atoms with Crippen molar-refractivity contribution >= 4 is 34.0 Å². The molecule has 2 heterocycles. The zero-order chi connectivity index (χ0) is 17.4. The molecule has 1 aromatic heterocycles. The van der Waals surface area contributed by atoms with Gasteiger partial charge in [0.1, 0.15) is 6.04 Å². The minimum atomic E-state index is -0.241. The third-order valence-corrected chi connectivity index (χ3v) is 4.91. The molecule has 0 saturated heterocycles. The maximum Gasteiger partial charge on any atom is 0.245 e. The first kappa shape index (κ1) is 15.9. The van der Waals surface area contributed by atoms with E-state index in [1.54, 1.807) is 11.1 Å². The lowest BCUT2D eigenvalue weighted by atomic mass is 10.1. The van der Waals surface area contributed by atoms with Crippen molar-refractivity contribution in [1.29, 1.82) is 0 Å². The first-order valence-electron chi connectivity index (χ1n) is 8.23. The predicted molar refractivity (Wildman–Crippen MR) is 101 cm³/mol. The highest BCUT2D eigenvalue weighted by Gasteiger charge is 2.29. The number of amides is 1. The van der Waals surface area contributed by atoms with Gasteiger partial charge in [0, 0.05) is 48.5 Å². The third kappa shape index (κ3) is 3.05. The molecule has 0 bridgehead atoms. The van der Waals surface area contributed by atoms with Crippen LogP contribution in [0.1, 0.15) is 11.1 Å². The fourth-order valence-corrected chi connectivity index (χ4v) is 3.60. The molecule has 0 saturated carbocycles. The molecule has 25 heavy (non-hydrogen) atoms. The molecule has 1 amide bonds. The van der Waals surface area contributed by atoms with E-state index in [4.69, 9.17) is 11.6 Å². The van der Waals surface area contributed by atoms with Crippen LogP contribution in [0.15, 0.2) is 54.9 Å². The Kier molecular flexibility index (Phi) is 4.06. The van der Waals surface area contributed by atoms with E-state index >= 15 is 0 Å². The minimum absolute atomic E-state index is 0.0818. The second kappa shape index (κ2) is 6.37. The van der Waals surface area contributed by atoms with Crippen LogP contribution >= 0.6 is 11.6 Å². The molecule has 0 aliphatic carbocycles. The molecule has 126 valence electrons. The number of rotatable bonds is 3. The van der Waals surface area contributed by atoms with Crippen molar-refractivity contribution in [3.8, 4) is 0 Å². The van der Waals surface area contributed by atoms with Gasteiger partial charge >= 0.3 is 0 Å². The number of halogens is 1. The number of anilines is 1. The number of likely N-dealkylation sites (N-methyl/N-ethyl adjacent to an activating group) is 1. The van der Waals surface area contributed by atoms with E-state index in [1.807, 2.05) is 49.6 Å². The first-order chi connectivity index (χ1) is 12.1. The first-order valence-corrected chi connectivity index (χ1v) is 8.61. The average Bonchev–Trinajstić information content (AvgIpc) is 3.04. The Labute approximate surface area is 151 Å². The molecule has 1 aliphatic heterocycles. The lowest BCUT2D eigenvalue weighted by molar-refractivity contribution is -0.131. The lowest BCUT2D eigenvalue weighted by Crippen LogP contribution is -2.39. The van der Waals surface area contributed by atoms with Gasteiger partial charge in [0.25, 0.3) is 0 Å². The lowest BCUT2D eigenvalue weighted by Gasteiger charge is -2.22. The van der Waals surface area contributed by atoms with E-state index in [0.29, 0.717) is 18.0 Å². The second-order valence-electron chi connectivity index (χ2n) is 6.41. The summed E-state index contributed by atoms with van der Waals surface area (Å²) in [7, 11) is 1.85. The van der Waals surface area contributed by atoms with Crippen LogP contribution in [0.25, 0.3) is 10.8 Å². The summed E-state index contributed by atoms with van der Waals surface area (Å²) in [5.41, 5.74) is 3.21. The van der Waals surface area contributed by atoms with Gasteiger partial charge in [-0.15, -0.1) is 0 Å². The molecule has 1 aliphatic rings. The van der Waals surface area contributed by atoms with Crippen LogP contribution in [-0.2, 0) is 17.8 Å². The van der Waals surface area contributed by atoms with Crippen LogP contribution in [0.2, 0.25) is 5.02 Å². The van der Waals surface area contributed by atoms with Crippen molar-refractivity contribution in [1.82, 2.24) is 9.88 Å².